The van der Waals surface area contributed by atoms with Gasteiger partial charge in [-0.15, -0.1) is 5.10 Å². The molecule has 3 aromatic rings. The molecular formula is C20H20FN5O3. The Morgan fingerprint density at radius 3 is 2.66 bits per heavy atom. The van der Waals surface area contributed by atoms with Gasteiger partial charge in [-0.1, -0.05) is 0 Å². The molecule has 3 heterocycles. The zero-order chi connectivity index (χ0) is 20.0. The minimum atomic E-state index is -0.617. The number of carbonyl (C=O) groups is 1. The van der Waals surface area contributed by atoms with Gasteiger partial charge in [0.1, 0.15) is 17.7 Å². The summed E-state index contributed by atoms with van der Waals surface area (Å²) >= 11 is 0. The van der Waals surface area contributed by atoms with Crippen LogP contribution in [0.5, 0.6) is 5.75 Å². The van der Waals surface area contributed by atoms with E-state index < -0.39 is 6.10 Å². The van der Waals surface area contributed by atoms with Crippen molar-refractivity contribution in [2.24, 2.45) is 11.8 Å². The molecule has 8 nitrogen and oxygen atoms in total. The van der Waals surface area contributed by atoms with Gasteiger partial charge in [-0.05, 0) is 71.5 Å². The number of aliphatic hydroxyl groups excluding tert-OH is 1. The Balaban J connectivity index is 1.27. The number of amides is 1. The van der Waals surface area contributed by atoms with Crippen LogP contribution in [0.4, 0.5) is 4.39 Å². The number of likely N-dealkylation sites (tertiary alicyclic amines) is 1. The second-order valence-corrected chi connectivity index (χ2v) is 7.78. The maximum absolute atomic E-state index is 13.1. The van der Waals surface area contributed by atoms with Crippen LogP contribution in [0, 0.1) is 17.7 Å². The number of pyridine rings is 1. The van der Waals surface area contributed by atoms with Crippen molar-refractivity contribution in [3.8, 4) is 5.75 Å². The Bertz CT molecular complexity index is 1040. The molecule has 1 aliphatic heterocycles. The van der Waals surface area contributed by atoms with Crippen LogP contribution in [-0.2, 0) is 0 Å². The van der Waals surface area contributed by atoms with E-state index in [1.807, 2.05) is 4.90 Å². The van der Waals surface area contributed by atoms with E-state index in [9.17, 15) is 14.3 Å². The van der Waals surface area contributed by atoms with E-state index in [1.165, 1.54) is 16.6 Å². The monoisotopic (exact) mass is 397 g/mol. The second-order valence-electron chi connectivity index (χ2n) is 7.78. The van der Waals surface area contributed by atoms with Gasteiger partial charge in [0.05, 0.1) is 11.7 Å². The van der Waals surface area contributed by atoms with E-state index >= 15 is 0 Å². The normalized spacial score (nSPS) is 26.5. The average molecular weight is 397 g/mol. The summed E-state index contributed by atoms with van der Waals surface area (Å²) in [6, 6.07) is 9.25. The van der Waals surface area contributed by atoms with Gasteiger partial charge in [0, 0.05) is 19.3 Å². The summed E-state index contributed by atoms with van der Waals surface area (Å²) in [6.45, 7) is 1.23. The van der Waals surface area contributed by atoms with Crippen molar-refractivity contribution < 1.29 is 19.0 Å². The van der Waals surface area contributed by atoms with Crippen molar-refractivity contribution in [3.63, 3.8) is 0 Å². The minimum Gasteiger partial charge on any atom is -0.488 e. The number of aromatic nitrogens is 4. The largest absolute Gasteiger partial charge is 0.488 e. The zero-order valence-corrected chi connectivity index (χ0v) is 15.6. The molecule has 9 heteroatoms. The van der Waals surface area contributed by atoms with Crippen molar-refractivity contribution in [2.75, 3.05) is 13.1 Å². The summed E-state index contributed by atoms with van der Waals surface area (Å²) in [5.74, 6) is 0.631. The first kappa shape index (κ1) is 18.0. The third-order valence-electron chi connectivity index (χ3n) is 5.91. The van der Waals surface area contributed by atoms with Gasteiger partial charge in [-0.25, -0.2) is 4.39 Å². The number of carbonyl (C=O) groups excluding carboxylic acids is 1. The van der Waals surface area contributed by atoms with Crippen LogP contribution >= 0.6 is 0 Å². The Labute approximate surface area is 165 Å². The SMILES string of the molecule is O=C(c1ccc2nnnn2c1)N1C[C@H]2C[C@@H](Oc3ccc(F)cc3)[C@H](O)C[C@H]2C1. The van der Waals surface area contributed by atoms with Gasteiger partial charge >= 0.3 is 0 Å². The predicted octanol–water partition coefficient (Wildman–Crippen LogP) is 1.55. The van der Waals surface area contributed by atoms with Crippen LogP contribution in [0.15, 0.2) is 42.6 Å². The van der Waals surface area contributed by atoms with E-state index in [1.54, 1.807) is 30.5 Å². The van der Waals surface area contributed by atoms with E-state index in [4.69, 9.17) is 4.74 Å². The van der Waals surface area contributed by atoms with Crippen molar-refractivity contribution in [2.45, 2.75) is 25.0 Å². The fraction of sp³-hybridized carbons (Fsp3) is 0.400. The number of halogens is 1. The van der Waals surface area contributed by atoms with Gasteiger partial charge in [0.15, 0.2) is 5.65 Å². The second kappa shape index (κ2) is 7.07. The average Bonchev–Trinajstić information content (AvgIpc) is 3.35. The first-order valence-corrected chi connectivity index (χ1v) is 9.64. The molecule has 0 unspecified atom stereocenters. The summed E-state index contributed by atoms with van der Waals surface area (Å²) < 4.78 is 20.5. The molecule has 0 radical (unpaired) electrons. The topological polar surface area (TPSA) is 92.9 Å². The number of ether oxygens (including phenoxy) is 1. The summed E-state index contributed by atoms with van der Waals surface area (Å²) in [5, 5.41) is 21.8. The van der Waals surface area contributed by atoms with Gasteiger partial charge in [-0.3, -0.25) is 4.79 Å². The molecule has 0 spiro atoms. The lowest BCUT2D eigenvalue weighted by Crippen LogP contribution is -2.42. The highest BCUT2D eigenvalue weighted by Crippen LogP contribution is 2.38. The number of nitrogens with zero attached hydrogens (tertiary/aromatic N) is 5. The highest BCUT2D eigenvalue weighted by Gasteiger charge is 2.44. The number of hydrogen-bond acceptors (Lipinski definition) is 6. The smallest absolute Gasteiger partial charge is 0.255 e. The molecule has 4 atom stereocenters. The molecule has 150 valence electrons. The molecule has 29 heavy (non-hydrogen) atoms. The Morgan fingerprint density at radius 1 is 1.10 bits per heavy atom. The van der Waals surface area contributed by atoms with E-state index in [-0.39, 0.29) is 29.7 Å². The molecular weight excluding hydrogens is 377 g/mol. The number of hydrogen-bond donors (Lipinski definition) is 1. The number of fused-ring (bicyclic) bond motifs is 2. The van der Waals surface area contributed by atoms with E-state index in [2.05, 4.69) is 15.5 Å². The fourth-order valence-corrected chi connectivity index (χ4v) is 4.42. The predicted molar refractivity (Wildman–Crippen MR) is 99.7 cm³/mol. The van der Waals surface area contributed by atoms with E-state index in [0.717, 1.165) is 0 Å². The molecule has 1 N–H and O–H groups in total. The molecule has 2 aliphatic rings. The van der Waals surface area contributed by atoms with Gasteiger partial charge in [-0.2, -0.15) is 4.52 Å². The number of benzene rings is 1. The van der Waals surface area contributed by atoms with Crippen LogP contribution in [0.25, 0.3) is 5.65 Å². The molecule has 2 aromatic heterocycles. The van der Waals surface area contributed by atoms with Gasteiger partial charge < -0.3 is 14.7 Å². The lowest BCUT2D eigenvalue weighted by molar-refractivity contribution is -0.0231. The minimum absolute atomic E-state index is 0.0673. The molecule has 1 aliphatic carbocycles. The first-order valence-electron chi connectivity index (χ1n) is 9.64. The molecule has 2 fully saturated rings. The highest BCUT2D eigenvalue weighted by atomic mass is 19.1. The summed E-state index contributed by atoms with van der Waals surface area (Å²) in [7, 11) is 0. The van der Waals surface area contributed by atoms with Crippen molar-refractivity contribution in [1.82, 2.24) is 24.9 Å². The van der Waals surface area contributed by atoms with Crippen molar-refractivity contribution >= 4 is 11.6 Å². The van der Waals surface area contributed by atoms with E-state index in [0.29, 0.717) is 42.9 Å². The maximum Gasteiger partial charge on any atom is 0.255 e. The van der Waals surface area contributed by atoms with Crippen LogP contribution in [-0.4, -0.2) is 61.3 Å². The molecule has 1 amide bonds. The third-order valence-corrected chi connectivity index (χ3v) is 5.91. The maximum atomic E-state index is 13.1. The lowest BCUT2D eigenvalue weighted by Gasteiger charge is -2.35. The van der Waals surface area contributed by atoms with Crippen molar-refractivity contribution in [3.05, 3.63) is 54.0 Å². The van der Waals surface area contributed by atoms with Crippen LogP contribution in [0.1, 0.15) is 23.2 Å². The Kier molecular flexibility index (Phi) is 4.39. The number of tetrazole rings is 1. The Morgan fingerprint density at radius 2 is 1.86 bits per heavy atom. The molecule has 0 bridgehead atoms. The molecule has 5 rings (SSSR count). The Hall–Kier alpha value is -3.07. The fourth-order valence-electron chi connectivity index (χ4n) is 4.42. The highest BCUT2D eigenvalue weighted by molar-refractivity contribution is 5.94. The van der Waals surface area contributed by atoms with Gasteiger partial charge in [0.2, 0.25) is 0 Å². The first-order chi connectivity index (χ1) is 14.1. The lowest BCUT2D eigenvalue weighted by atomic mass is 9.78. The number of rotatable bonds is 3. The molecule has 1 saturated heterocycles. The van der Waals surface area contributed by atoms with Crippen LogP contribution in [0.3, 0.4) is 0 Å². The molecule has 1 saturated carbocycles. The van der Waals surface area contributed by atoms with Crippen LogP contribution < -0.4 is 4.74 Å². The summed E-state index contributed by atoms with van der Waals surface area (Å²) in [5.41, 5.74) is 1.11. The number of aliphatic hydroxyl groups is 1. The van der Waals surface area contributed by atoms with Crippen LogP contribution in [0.2, 0.25) is 0 Å². The quantitative estimate of drug-likeness (QED) is 0.721. The third kappa shape index (κ3) is 3.42. The van der Waals surface area contributed by atoms with Gasteiger partial charge in [0.25, 0.3) is 5.91 Å². The summed E-state index contributed by atoms with van der Waals surface area (Å²) in [4.78, 5) is 14.8. The summed E-state index contributed by atoms with van der Waals surface area (Å²) in [6.07, 6.45) is 1.88. The molecule has 1 aromatic carbocycles. The standard InChI is InChI=1S/C20H20FN5O3/c21-15-2-4-16(5-3-15)29-18-8-14-10-25(9-13(14)7-17(18)27)20(28)12-1-6-19-22-23-24-26(19)11-12/h1-6,11,13-14,17-18,27H,7-10H2/t13-,14+,17+,18+/m0/s1. The zero-order valence-electron chi connectivity index (χ0n) is 15.6. The van der Waals surface area contributed by atoms with Crippen molar-refractivity contribution in [1.29, 1.82) is 0 Å².